The third kappa shape index (κ3) is 2.22. The molecule has 1 N–H and O–H groups in total. The minimum absolute atomic E-state index is 0.299. The number of anilines is 1. The first-order valence-electron chi connectivity index (χ1n) is 5.21. The van der Waals surface area contributed by atoms with Crippen LogP contribution in [0.4, 0.5) is 5.13 Å². The number of carbonyl (C=O) groups excluding carboxylic acids is 1. The van der Waals surface area contributed by atoms with Crippen LogP contribution >= 0.6 is 11.3 Å². The molecular formula is C11H13N3OS. The molecule has 1 heterocycles. The summed E-state index contributed by atoms with van der Waals surface area (Å²) < 4.78 is 0. The van der Waals surface area contributed by atoms with Crippen molar-refractivity contribution in [1.29, 1.82) is 5.26 Å². The maximum atomic E-state index is 11.7. The molecule has 1 aliphatic carbocycles. The van der Waals surface area contributed by atoms with Crippen molar-refractivity contribution in [1.82, 2.24) is 4.98 Å². The van der Waals surface area contributed by atoms with Gasteiger partial charge in [0.15, 0.2) is 5.13 Å². The molecule has 5 heteroatoms. The van der Waals surface area contributed by atoms with Crippen LogP contribution in [0.5, 0.6) is 0 Å². The fourth-order valence-corrected chi connectivity index (χ4v) is 2.00. The Hall–Kier alpha value is -1.41. The quantitative estimate of drug-likeness (QED) is 0.875. The Kier molecular flexibility index (Phi) is 2.68. The molecule has 1 saturated carbocycles. The average Bonchev–Trinajstić information content (AvgIpc) is 3.00. The van der Waals surface area contributed by atoms with E-state index in [-0.39, 0.29) is 5.91 Å². The summed E-state index contributed by atoms with van der Waals surface area (Å²) in [5.74, 6) is 0.289. The molecule has 1 fully saturated rings. The average molecular weight is 235 g/mol. The van der Waals surface area contributed by atoms with Crippen LogP contribution in [0.1, 0.15) is 38.3 Å². The number of rotatable bonds is 3. The highest BCUT2D eigenvalue weighted by Crippen LogP contribution is 2.40. The Morgan fingerprint density at radius 1 is 1.69 bits per heavy atom. The van der Waals surface area contributed by atoms with Crippen molar-refractivity contribution in [3.63, 3.8) is 0 Å². The highest BCUT2D eigenvalue weighted by atomic mass is 32.1. The van der Waals surface area contributed by atoms with E-state index in [0.29, 0.717) is 11.0 Å². The molecule has 0 aromatic carbocycles. The molecule has 4 nitrogen and oxygen atoms in total. The number of nitrogens with one attached hydrogen (secondary N) is 1. The van der Waals surface area contributed by atoms with Crippen LogP contribution in [0.2, 0.25) is 0 Å². The largest absolute Gasteiger partial charge is 0.301 e. The summed E-state index contributed by atoms with van der Waals surface area (Å²) in [6, 6.07) is 1.97. The van der Waals surface area contributed by atoms with Crippen molar-refractivity contribution in [2.75, 3.05) is 5.32 Å². The molecular weight excluding hydrogens is 222 g/mol. The number of carbonyl (C=O) groups is 1. The van der Waals surface area contributed by atoms with Crippen molar-refractivity contribution < 1.29 is 4.79 Å². The van der Waals surface area contributed by atoms with Gasteiger partial charge >= 0.3 is 0 Å². The topological polar surface area (TPSA) is 65.8 Å². The van der Waals surface area contributed by atoms with Gasteiger partial charge in [-0.05, 0) is 26.7 Å². The van der Waals surface area contributed by atoms with Crippen LogP contribution < -0.4 is 5.32 Å². The van der Waals surface area contributed by atoms with E-state index >= 15 is 0 Å². The molecule has 16 heavy (non-hydrogen) atoms. The molecule has 2 rings (SSSR count). The van der Waals surface area contributed by atoms with Gasteiger partial charge in [-0.1, -0.05) is 0 Å². The number of thiazole rings is 1. The van der Waals surface area contributed by atoms with Crippen molar-refractivity contribution in [3.8, 4) is 6.07 Å². The van der Waals surface area contributed by atoms with Crippen LogP contribution in [0.3, 0.4) is 0 Å². The first-order valence-corrected chi connectivity index (χ1v) is 6.09. The second-order valence-corrected chi connectivity index (χ2v) is 5.40. The summed E-state index contributed by atoms with van der Waals surface area (Å²) >= 11 is 1.42. The summed E-state index contributed by atoms with van der Waals surface area (Å²) in [6.07, 6.45) is 2.39. The molecule has 1 aliphatic rings. The van der Waals surface area contributed by atoms with Gasteiger partial charge in [-0.2, -0.15) is 5.26 Å². The maximum absolute atomic E-state index is 11.7. The van der Waals surface area contributed by atoms with Gasteiger partial charge in [-0.3, -0.25) is 4.79 Å². The Labute approximate surface area is 98.3 Å². The minimum Gasteiger partial charge on any atom is -0.301 e. The maximum Gasteiger partial charge on any atom is 0.246 e. The zero-order valence-electron chi connectivity index (χ0n) is 9.28. The Bertz CT molecular complexity index is 454. The molecule has 1 aromatic heterocycles. The highest BCUT2D eigenvalue weighted by molar-refractivity contribution is 7.13. The number of hydrogen-bond acceptors (Lipinski definition) is 4. The molecule has 0 spiro atoms. The van der Waals surface area contributed by atoms with Crippen LogP contribution in [0.25, 0.3) is 0 Å². The summed E-state index contributed by atoms with van der Waals surface area (Å²) in [7, 11) is 0. The van der Waals surface area contributed by atoms with E-state index in [1.54, 1.807) is 13.8 Å². The summed E-state index contributed by atoms with van der Waals surface area (Å²) in [6.45, 7) is 3.19. The van der Waals surface area contributed by atoms with Crippen LogP contribution in [-0.2, 0) is 4.79 Å². The first-order chi connectivity index (χ1) is 7.53. The van der Waals surface area contributed by atoms with Crippen molar-refractivity contribution in [2.24, 2.45) is 5.41 Å². The van der Waals surface area contributed by atoms with Gasteiger partial charge in [-0.25, -0.2) is 4.98 Å². The van der Waals surface area contributed by atoms with E-state index in [2.05, 4.69) is 10.3 Å². The second kappa shape index (κ2) is 3.87. The Morgan fingerprint density at radius 3 is 2.94 bits per heavy atom. The molecule has 0 radical (unpaired) electrons. The predicted molar refractivity (Wildman–Crippen MR) is 62.1 cm³/mol. The lowest BCUT2D eigenvalue weighted by Gasteiger charge is -2.12. The van der Waals surface area contributed by atoms with Crippen molar-refractivity contribution >= 4 is 22.4 Å². The number of amides is 1. The predicted octanol–water partition coefficient (Wildman–Crippen LogP) is 2.51. The summed E-state index contributed by atoms with van der Waals surface area (Å²) in [4.78, 5) is 16.0. The van der Waals surface area contributed by atoms with Gasteiger partial charge in [0.2, 0.25) is 5.91 Å². The molecule has 1 aromatic rings. The molecule has 84 valence electrons. The van der Waals surface area contributed by atoms with E-state index < -0.39 is 5.41 Å². The fourth-order valence-electron chi connectivity index (χ4n) is 1.21. The van der Waals surface area contributed by atoms with Gasteiger partial charge in [0.05, 0.1) is 11.8 Å². The number of aromatic nitrogens is 1. The zero-order valence-corrected chi connectivity index (χ0v) is 10.1. The van der Waals surface area contributed by atoms with Gasteiger partial charge < -0.3 is 5.32 Å². The van der Waals surface area contributed by atoms with Gasteiger partial charge in [0, 0.05) is 11.3 Å². The molecule has 0 atom stereocenters. The van der Waals surface area contributed by atoms with E-state index in [0.717, 1.165) is 5.69 Å². The third-order valence-corrected chi connectivity index (χ3v) is 3.36. The Balaban J connectivity index is 2.03. The van der Waals surface area contributed by atoms with E-state index in [9.17, 15) is 4.79 Å². The number of nitriles is 1. The third-order valence-electron chi connectivity index (χ3n) is 2.59. The van der Waals surface area contributed by atoms with Gasteiger partial charge in [0.25, 0.3) is 0 Å². The monoisotopic (exact) mass is 235 g/mol. The second-order valence-electron chi connectivity index (χ2n) is 4.54. The number of nitrogens with zero attached hydrogens (tertiary/aromatic N) is 2. The number of hydrogen-bond donors (Lipinski definition) is 1. The lowest BCUT2D eigenvalue weighted by Crippen LogP contribution is -2.29. The molecule has 0 unspecified atom stereocenters. The van der Waals surface area contributed by atoms with E-state index in [1.807, 2.05) is 11.4 Å². The summed E-state index contributed by atoms with van der Waals surface area (Å²) in [5.41, 5.74) is 0.0564. The smallest absolute Gasteiger partial charge is 0.246 e. The SMILES string of the molecule is CC(C)(C#N)C(=O)Nc1nc(C2CC2)cs1. The normalized spacial score (nSPS) is 15.6. The highest BCUT2D eigenvalue weighted by Gasteiger charge is 2.29. The molecule has 0 bridgehead atoms. The van der Waals surface area contributed by atoms with Crippen molar-refractivity contribution in [2.45, 2.75) is 32.6 Å². The first kappa shape index (κ1) is 11.1. The zero-order chi connectivity index (χ0) is 11.8. The lowest BCUT2D eigenvalue weighted by atomic mass is 9.95. The molecule has 0 saturated heterocycles. The molecule has 1 amide bonds. The van der Waals surface area contributed by atoms with Gasteiger partial charge in [0.1, 0.15) is 5.41 Å². The summed E-state index contributed by atoms with van der Waals surface area (Å²) in [5, 5.41) is 14.1. The van der Waals surface area contributed by atoms with Crippen LogP contribution in [0.15, 0.2) is 5.38 Å². The van der Waals surface area contributed by atoms with Crippen LogP contribution in [0, 0.1) is 16.7 Å². The van der Waals surface area contributed by atoms with E-state index in [4.69, 9.17) is 5.26 Å². The standard InChI is InChI=1S/C11H13N3OS/c1-11(2,6-12)9(15)14-10-13-8(5-16-10)7-3-4-7/h5,7H,3-4H2,1-2H3,(H,13,14,15). The van der Waals surface area contributed by atoms with Gasteiger partial charge in [-0.15, -0.1) is 11.3 Å². The van der Waals surface area contributed by atoms with E-state index in [1.165, 1.54) is 24.2 Å². The Morgan fingerprint density at radius 2 is 2.38 bits per heavy atom. The van der Waals surface area contributed by atoms with Crippen molar-refractivity contribution in [3.05, 3.63) is 11.1 Å². The molecule has 0 aliphatic heterocycles. The van der Waals surface area contributed by atoms with Crippen LogP contribution in [-0.4, -0.2) is 10.9 Å². The fraction of sp³-hybridized carbons (Fsp3) is 0.545. The lowest BCUT2D eigenvalue weighted by molar-refractivity contribution is -0.121. The minimum atomic E-state index is -1.01.